The number of nitrogens with one attached hydrogen (secondary N) is 1. The molecule has 2 aromatic rings. The van der Waals surface area contributed by atoms with Crippen LogP contribution in [-0.4, -0.2) is 50.3 Å². The van der Waals surface area contributed by atoms with Gasteiger partial charge in [-0.25, -0.2) is 8.42 Å². The average Bonchev–Trinajstić information content (AvgIpc) is 2.86. The van der Waals surface area contributed by atoms with Crippen LogP contribution >= 0.6 is 0 Å². The monoisotopic (exact) mass is 515 g/mol. The van der Waals surface area contributed by atoms with Crippen LogP contribution in [0.1, 0.15) is 57.2 Å². The highest BCUT2D eigenvalue weighted by molar-refractivity contribution is 7.91. The highest BCUT2D eigenvalue weighted by atomic mass is 32.2. The summed E-state index contributed by atoms with van der Waals surface area (Å²) in [5.41, 5.74) is -0.148. The fraction of sp³-hybridized carbons (Fsp3) is 0.520. The van der Waals surface area contributed by atoms with Gasteiger partial charge >= 0.3 is 6.18 Å². The van der Waals surface area contributed by atoms with Crippen molar-refractivity contribution in [3.63, 3.8) is 0 Å². The molecule has 1 heterocycles. The molecule has 1 unspecified atom stereocenters. The first kappa shape index (κ1) is 27.3. The maximum atomic E-state index is 13.7. The van der Waals surface area contributed by atoms with Gasteiger partial charge in [0.1, 0.15) is 0 Å². The minimum absolute atomic E-state index is 0.0337. The summed E-state index contributed by atoms with van der Waals surface area (Å²) < 4.78 is 77.7. The number of hydrogen-bond acceptors (Lipinski definition) is 6. The largest absolute Gasteiger partial charge is 0.490 e. The summed E-state index contributed by atoms with van der Waals surface area (Å²) in [6.07, 6.45) is -7.93. The second-order valence-corrected chi connectivity index (χ2v) is 10.7. The van der Waals surface area contributed by atoms with Gasteiger partial charge in [0.25, 0.3) is 0 Å². The third kappa shape index (κ3) is 6.48. The number of hydrogen-bond donors (Lipinski definition) is 2. The molecule has 3 rings (SSSR count). The Morgan fingerprint density at radius 2 is 1.69 bits per heavy atom. The maximum Gasteiger partial charge on any atom is 0.391 e. The van der Waals surface area contributed by atoms with Crippen molar-refractivity contribution in [3.05, 3.63) is 53.6 Å². The summed E-state index contributed by atoms with van der Waals surface area (Å²) in [7, 11) is -3.99. The number of aliphatic hydroxyl groups is 1. The van der Waals surface area contributed by atoms with Crippen molar-refractivity contribution in [1.82, 2.24) is 5.32 Å². The van der Waals surface area contributed by atoms with Crippen molar-refractivity contribution >= 4 is 9.84 Å². The first-order valence-electron chi connectivity index (χ1n) is 11.7. The van der Waals surface area contributed by atoms with Crippen molar-refractivity contribution < 1.29 is 36.2 Å². The normalized spacial score (nSPS) is 22.7. The van der Waals surface area contributed by atoms with Gasteiger partial charge in [-0.2, -0.15) is 13.2 Å². The zero-order valence-electron chi connectivity index (χ0n) is 20.1. The van der Waals surface area contributed by atoms with Crippen LogP contribution in [0.3, 0.4) is 0 Å². The topological polar surface area (TPSA) is 84.9 Å². The van der Waals surface area contributed by atoms with E-state index in [9.17, 15) is 26.7 Å². The third-order valence-corrected chi connectivity index (χ3v) is 8.10. The fourth-order valence-corrected chi connectivity index (χ4v) is 6.73. The Morgan fingerprint density at radius 3 is 2.23 bits per heavy atom. The zero-order valence-corrected chi connectivity index (χ0v) is 20.9. The van der Waals surface area contributed by atoms with Crippen LogP contribution in [0, 0.1) is 0 Å². The average molecular weight is 516 g/mol. The van der Waals surface area contributed by atoms with Crippen LogP contribution in [-0.2, 0) is 9.84 Å². The Labute approximate surface area is 204 Å². The summed E-state index contributed by atoms with van der Waals surface area (Å²) in [5, 5.41) is 13.6. The molecule has 0 fully saturated rings. The number of sulfone groups is 1. The molecule has 10 heteroatoms. The lowest BCUT2D eigenvalue weighted by Gasteiger charge is -2.37. The molecule has 2 aromatic carbocycles. The molecule has 0 aromatic heterocycles. The number of alkyl halides is 3. The highest BCUT2D eigenvalue weighted by Gasteiger charge is 2.45. The molecular weight excluding hydrogens is 483 g/mol. The number of benzene rings is 2. The molecule has 1 aliphatic rings. The van der Waals surface area contributed by atoms with Crippen molar-refractivity contribution in [2.24, 2.45) is 0 Å². The van der Waals surface area contributed by atoms with Gasteiger partial charge in [0.2, 0.25) is 0 Å². The molecule has 3 atom stereocenters. The number of aliphatic hydroxyl groups excluding tert-OH is 1. The Bertz CT molecular complexity index is 1110. The van der Waals surface area contributed by atoms with Crippen LogP contribution in [0.5, 0.6) is 11.5 Å². The molecule has 0 aliphatic carbocycles. The van der Waals surface area contributed by atoms with Crippen LogP contribution in [0.4, 0.5) is 13.2 Å². The molecule has 0 saturated carbocycles. The molecule has 0 saturated heterocycles. The van der Waals surface area contributed by atoms with E-state index in [1.165, 1.54) is 6.07 Å². The standard InChI is InChI=1S/C25H32F3NO5S/c1-4-24(14-18(30)15-25(26,27)28)16-35(31,32)22-13-21(34-6-3)20(33-5-2)12-19(22)23(29-24)17-10-8-7-9-11-17/h7-13,18,23,29-30H,4-6,14-16H2,1-3H3/t18?,23-,24-/m0/s1. The Balaban J connectivity index is 2.21. The number of halogens is 3. The lowest BCUT2D eigenvalue weighted by atomic mass is 9.86. The Hall–Kier alpha value is -2.30. The SMILES string of the molecule is CCOc1cc2c(cc1OCC)S(=O)(=O)C[C@](CC)(CC(O)CC(F)(F)F)N[C@H]2c1ccccc1. The van der Waals surface area contributed by atoms with E-state index in [0.717, 1.165) is 5.56 Å². The van der Waals surface area contributed by atoms with E-state index in [2.05, 4.69) is 5.32 Å². The van der Waals surface area contributed by atoms with Crippen LogP contribution in [0.2, 0.25) is 0 Å². The third-order valence-electron chi connectivity index (χ3n) is 6.14. The van der Waals surface area contributed by atoms with Gasteiger partial charge in [0.05, 0.1) is 42.4 Å². The summed E-state index contributed by atoms with van der Waals surface area (Å²) in [5.74, 6) is 0.193. The molecule has 1 aliphatic heterocycles. The summed E-state index contributed by atoms with van der Waals surface area (Å²) in [6.45, 7) is 5.90. The summed E-state index contributed by atoms with van der Waals surface area (Å²) in [6, 6.07) is 11.5. The van der Waals surface area contributed by atoms with E-state index in [0.29, 0.717) is 24.5 Å². The van der Waals surface area contributed by atoms with E-state index < -0.39 is 45.9 Å². The molecule has 2 N–H and O–H groups in total. The predicted molar refractivity (Wildman–Crippen MR) is 127 cm³/mol. The zero-order chi connectivity index (χ0) is 25.9. The number of fused-ring (bicyclic) bond motifs is 1. The quantitative estimate of drug-likeness (QED) is 0.499. The van der Waals surface area contributed by atoms with Gasteiger partial charge in [-0.15, -0.1) is 0 Å². The lowest BCUT2D eigenvalue weighted by molar-refractivity contribution is -0.155. The predicted octanol–water partition coefficient (Wildman–Crippen LogP) is 4.80. The van der Waals surface area contributed by atoms with Crippen LogP contribution < -0.4 is 14.8 Å². The van der Waals surface area contributed by atoms with E-state index in [-0.39, 0.29) is 23.5 Å². The van der Waals surface area contributed by atoms with Crippen molar-refractivity contribution in [2.45, 2.75) is 68.8 Å². The number of rotatable bonds is 9. The molecule has 0 bridgehead atoms. The van der Waals surface area contributed by atoms with E-state index in [1.807, 2.05) is 18.2 Å². The van der Waals surface area contributed by atoms with Gasteiger partial charge < -0.3 is 14.6 Å². The van der Waals surface area contributed by atoms with Gasteiger partial charge in [-0.3, -0.25) is 5.32 Å². The Kier molecular flexibility index (Phi) is 8.39. The second kappa shape index (κ2) is 10.8. The molecular formula is C25H32F3NO5S. The molecule has 0 radical (unpaired) electrons. The lowest BCUT2D eigenvalue weighted by Crippen LogP contribution is -2.52. The van der Waals surface area contributed by atoms with E-state index >= 15 is 0 Å². The molecule has 0 spiro atoms. The minimum Gasteiger partial charge on any atom is -0.490 e. The minimum atomic E-state index is -4.57. The Morgan fingerprint density at radius 1 is 1.09 bits per heavy atom. The fourth-order valence-electron chi connectivity index (χ4n) is 4.62. The van der Waals surface area contributed by atoms with Crippen molar-refractivity contribution in [3.8, 4) is 11.5 Å². The first-order chi connectivity index (χ1) is 16.4. The van der Waals surface area contributed by atoms with Crippen molar-refractivity contribution in [1.29, 1.82) is 0 Å². The van der Waals surface area contributed by atoms with E-state index in [1.54, 1.807) is 39.0 Å². The first-order valence-corrected chi connectivity index (χ1v) is 13.3. The van der Waals surface area contributed by atoms with Crippen molar-refractivity contribution in [2.75, 3.05) is 19.0 Å². The van der Waals surface area contributed by atoms with Gasteiger partial charge in [0.15, 0.2) is 21.3 Å². The number of ether oxygens (including phenoxy) is 2. The molecule has 194 valence electrons. The van der Waals surface area contributed by atoms with Crippen LogP contribution in [0.25, 0.3) is 0 Å². The molecule has 0 amide bonds. The van der Waals surface area contributed by atoms with Gasteiger partial charge in [-0.05, 0) is 43.9 Å². The van der Waals surface area contributed by atoms with E-state index in [4.69, 9.17) is 9.47 Å². The molecule has 6 nitrogen and oxygen atoms in total. The second-order valence-electron chi connectivity index (χ2n) is 8.76. The van der Waals surface area contributed by atoms with Crippen LogP contribution in [0.15, 0.2) is 47.4 Å². The smallest absolute Gasteiger partial charge is 0.391 e. The highest BCUT2D eigenvalue weighted by Crippen LogP contribution is 2.43. The maximum absolute atomic E-state index is 13.7. The molecule has 35 heavy (non-hydrogen) atoms. The summed E-state index contributed by atoms with van der Waals surface area (Å²) in [4.78, 5) is 0.0337. The summed E-state index contributed by atoms with van der Waals surface area (Å²) >= 11 is 0. The van der Waals surface area contributed by atoms with Gasteiger partial charge in [-0.1, -0.05) is 37.3 Å². The van der Waals surface area contributed by atoms with Gasteiger partial charge in [0, 0.05) is 11.6 Å².